The van der Waals surface area contributed by atoms with Crippen LogP contribution in [0, 0.1) is 5.82 Å². The predicted molar refractivity (Wildman–Crippen MR) is 70.1 cm³/mol. The quantitative estimate of drug-likeness (QED) is 0.736. The molecule has 98 valence electrons. The molecule has 0 fully saturated rings. The summed E-state index contributed by atoms with van der Waals surface area (Å²) in [6.07, 6.45) is -0.457. The lowest BCUT2D eigenvalue weighted by molar-refractivity contribution is -0.109. The van der Waals surface area contributed by atoms with Crippen molar-refractivity contribution in [2.45, 2.75) is 18.5 Å². The average molecular weight is 260 g/mol. The van der Waals surface area contributed by atoms with Gasteiger partial charge in [0, 0.05) is 5.92 Å². The van der Waals surface area contributed by atoms with Gasteiger partial charge in [-0.3, -0.25) is 0 Å². The topological polar surface area (TPSA) is 17.1 Å². The Bertz CT molecular complexity index is 522. The first-order valence-electron chi connectivity index (χ1n) is 6.10. The predicted octanol–water partition coefficient (Wildman–Crippen LogP) is 4.21. The summed E-state index contributed by atoms with van der Waals surface area (Å²) in [5.41, 5.74) is 1.19. The Morgan fingerprint density at radius 2 is 1.58 bits per heavy atom. The third kappa shape index (κ3) is 3.47. The summed E-state index contributed by atoms with van der Waals surface area (Å²) in [6.45, 7) is 0. The van der Waals surface area contributed by atoms with Crippen molar-refractivity contribution in [1.29, 1.82) is 0 Å². The van der Waals surface area contributed by atoms with E-state index in [0.29, 0.717) is 5.56 Å². The Labute approximate surface area is 110 Å². The molecule has 0 aliphatic rings. The van der Waals surface area contributed by atoms with Gasteiger partial charge in [-0.25, -0.2) is 8.78 Å². The van der Waals surface area contributed by atoms with Gasteiger partial charge in [0.05, 0.1) is 0 Å². The first-order valence-corrected chi connectivity index (χ1v) is 6.10. The molecule has 1 nitrogen and oxygen atoms in total. The number of hydrogen-bond donors (Lipinski definition) is 0. The molecule has 2 aromatic rings. The Morgan fingerprint density at radius 3 is 2.16 bits per heavy atom. The number of carbonyl (C=O) groups excluding carboxylic acids is 1. The average Bonchev–Trinajstić information content (AvgIpc) is 2.46. The van der Waals surface area contributed by atoms with Crippen molar-refractivity contribution < 1.29 is 13.6 Å². The van der Waals surface area contributed by atoms with Crippen LogP contribution in [0.3, 0.4) is 0 Å². The molecule has 0 N–H and O–H groups in total. The van der Waals surface area contributed by atoms with Crippen LogP contribution in [0.15, 0.2) is 54.6 Å². The molecule has 2 atom stereocenters. The number of carbonyl (C=O) groups is 1. The van der Waals surface area contributed by atoms with Crippen LogP contribution >= 0.6 is 0 Å². The zero-order chi connectivity index (χ0) is 13.7. The van der Waals surface area contributed by atoms with Gasteiger partial charge >= 0.3 is 0 Å². The Balaban J connectivity index is 2.10. The van der Waals surface area contributed by atoms with E-state index in [-0.39, 0.29) is 6.42 Å². The minimum Gasteiger partial charge on any atom is -0.303 e. The number of rotatable bonds is 5. The normalized spacial score (nSPS) is 13.8. The van der Waals surface area contributed by atoms with Gasteiger partial charge in [0.15, 0.2) is 0 Å². The maximum atomic E-state index is 14.1. The molecular formula is C16H14F2O. The van der Waals surface area contributed by atoms with Gasteiger partial charge in [0.25, 0.3) is 0 Å². The van der Waals surface area contributed by atoms with Crippen molar-refractivity contribution in [3.8, 4) is 0 Å². The first kappa shape index (κ1) is 13.4. The van der Waals surface area contributed by atoms with E-state index in [1.807, 2.05) is 18.2 Å². The SMILES string of the molecule is O=CC(CC(F)c1ccc(F)cc1)c1ccccc1. The number of benzene rings is 2. The van der Waals surface area contributed by atoms with Crippen molar-refractivity contribution in [3.05, 3.63) is 71.5 Å². The molecule has 0 spiro atoms. The molecule has 0 aliphatic carbocycles. The summed E-state index contributed by atoms with van der Waals surface area (Å²) < 4.78 is 26.9. The summed E-state index contributed by atoms with van der Waals surface area (Å²) >= 11 is 0. The molecule has 2 rings (SSSR count). The summed E-state index contributed by atoms with van der Waals surface area (Å²) in [4.78, 5) is 11.1. The third-order valence-corrected chi connectivity index (χ3v) is 3.08. The highest BCUT2D eigenvalue weighted by atomic mass is 19.1. The number of alkyl halides is 1. The van der Waals surface area contributed by atoms with Gasteiger partial charge in [-0.1, -0.05) is 42.5 Å². The summed E-state index contributed by atoms with van der Waals surface area (Å²) in [5, 5.41) is 0. The second kappa shape index (κ2) is 6.23. The van der Waals surface area contributed by atoms with E-state index >= 15 is 0 Å². The molecule has 2 unspecified atom stereocenters. The second-order valence-corrected chi connectivity index (χ2v) is 4.41. The van der Waals surface area contributed by atoms with Crippen LogP contribution in [-0.2, 0) is 4.79 Å². The minimum absolute atomic E-state index is 0.0686. The molecule has 0 saturated heterocycles. The third-order valence-electron chi connectivity index (χ3n) is 3.08. The lowest BCUT2D eigenvalue weighted by Crippen LogP contribution is -2.05. The fraction of sp³-hybridized carbons (Fsp3) is 0.188. The standard InChI is InChI=1S/C16H14F2O/c17-15-8-6-13(7-9-15)16(18)10-14(11-19)12-4-2-1-3-5-12/h1-9,11,14,16H,10H2. The molecule has 0 aromatic heterocycles. The summed E-state index contributed by atoms with van der Waals surface area (Å²) in [5.74, 6) is -0.882. The monoisotopic (exact) mass is 260 g/mol. The van der Waals surface area contributed by atoms with E-state index in [1.165, 1.54) is 24.3 Å². The van der Waals surface area contributed by atoms with E-state index in [2.05, 4.69) is 0 Å². The smallest absolute Gasteiger partial charge is 0.127 e. The van der Waals surface area contributed by atoms with E-state index in [0.717, 1.165) is 11.8 Å². The second-order valence-electron chi connectivity index (χ2n) is 4.41. The van der Waals surface area contributed by atoms with Crippen LogP contribution in [-0.4, -0.2) is 6.29 Å². The summed E-state index contributed by atoms with van der Waals surface area (Å²) in [6, 6.07) is 14.3. The zero-order valence-electron chi connectivity index (χ0n) is 10.3. The lowest BCUT2D eigenvalue weighted by atomic mass is 9.92. The molecule has 3 heteroatoms. The maximum absolute atomic E-state index is 14.1. The van der Waals surface area contributed by atoms with Crippen LogP contribution in [0.1, 0.15) is 29.6 Å². The Hall–Kier alpha value is -2.03. The van der Waals surface area contributed by atoms with E-state index < -0.39 is 17.9 Å². The van der Waals surface area contributed by atoms with Crippen LogP contribution in [0.4, 0.5) is 8.78 Å². The van der Waals surface area contributed by atoms with E-state index in [1.54, 1.807) is 12.1 Å². The molecule has 0 saturated carbocycles. The number of aldehydes is 1. The van der Waals surface area contributed by atoms with Gasteiger partial charge < -0.3 is 4.79 Å². The van der Waals surface area contributed by atoms with Crippen molar-refractivity contribution in [2.24, 2.45) is 0 Å². The fourth-order valence-electron chi connectivity index (χ4n) is 2.00. The van der Waals surface area contributed by atoms with Crippen molar-refractivity contribution in [1.82, 2.24) is 0 Å². The van der Waals surface area contributed by atoms with Gasteiger partial charge in [-0.2, -0.15) is 0 Å². The number of hydrogen-bond acceptors (Lipinski definition) is 1. The van der Waals surface area contributed by atoms with Crippen LogP contribution in [0.2, 0.25) is 0 Å². The van der Waals surface area contributed by atoms with Crippen molar-refractivity contribution in [2.75, 3.05) is 0 Å². The van der Waals surface area contributed by atoms with Crippen molar-refractivity contribution in [3.63, 3.8) is 0 Å². The molecule has 0 radical (unpaired) electrons. The molecule has 0 heterocycles. The lowest BCUT2D eigenvalue weighted by Gasteiger charge is -2.14. The van der Waals surface area contributed by atoms with E-state index in [4.69, 9.17) is 0 Å². The maximum Gasteiger partial charge on any atom is 0.127 e. The van der Waals surface area contributed by atoms with Gasteiger partial charge in [0.2, 0.25) is 0 Å². The highest BCUT2D eigenvalue weighted by molar-refractivity contribution is 5.62. The highest BCUT2D eigenvalue weighted by Crippen LogP contribution is 2.29. The minimum atomic E-state index is -1.28. The number of halogens is 2. The highest BCUT2D eigenvalue weighted by Gasteiger charge is 2.18. The molecule has 0 aliphatic heterocycles. The van der Waals surface area contributed by atoms with Gasteiger partial charge in [-0.15, -0.1) is 0 Å². The molecular weight excluding hydrogens is 246 g/mol. The Morgan fingerprint density at radius 1 is 0.947 bits per heavy atom. The van der Waals surface area contributed by atoms with Crippen LogP contribution < -0.4 is 0 Å². The fourth-order valence-corrected chi connectivity index (χ4v) is 2.00. The molecule has 2 aromatic carbocycles. The summed E-state index contributed by atoms with van der Waals surface area (Å²) in [7, 11) is 0. The molecule has 0 bridgehead atoms. The zero-order valence-corrected chi connectivity index (χ0v) is 10.3. The van der Waals surface area contributed by atoms with Crippen LogP contribution in [0.5, 0.6) is 0 Å². The van der Waals surface area contributed by atoms with Gasteiger partial charge in [0.1, 0.15) is 18.3 Å². The molecule has 0 amide bonds. The first-order chi connectivity index (χ1) is 9.20. The molecule has 19 heavy (non-hydrogen) atoms. The van der Waals surface area contributed by atoms with Crippen LogP contribution in [0.25, 0.3) is 0 Å². The Kier molecular flexibility index (Phi) is 4.39. The van der Waals surface area contributed by atoms with E-state index in [9.17, 15) is 13.6 Å². The largest absolute Gasteiger partial charge is 0.303 e. The van der Waals surface area contributed by atoms with Gasteiger partial charge in [-0.05, 0) is 29.7 Å². The van der Waals surface area contributed by atoms with Crippen molar-refractivity contribution >= 4 is 6.29 Å².